The number of rotatable bonds is 6. The van der Waals surface area contributed by atoms with Crippen molar-refractivity contribution >= 4 is 17.3 Å². The highest BCUT2D eigenvalue weighted by Gasteiger charge is 2.18. The van der Waals surface area contributed by atoms with Gasteiger partial charge in [0.25, 0.3) is 5.91 Å². The van der Waals surface area contributed by atoms with Crippen LogP contribution in [-0.2, 0) is 0 Å². The standard InChI is InChI=1S/C15H23N3O/c1-5-9-18(10-6-2)15(19)13-11-12(16)7-8-14(13)17(3)4/h5,7-8,11H,1,6,9-10,16H2,2-4H3. The molecule has 0 heterocycles. The van der Waals surface area contributed by atoms with Gasteiger partial charge in [-0.05, 0) is 24.6 Å². The van der Waals surface area contributed by atoms with E-state index in [0.29, 0.717) is 24.3 Å². The molecule has 0 aliphatic heterocycles. The Balaban J connectivity index is 3.14. The van der Waals surface area contributed by atoms with E-state index in [-0.39, 0.29) is 5.91 Å². The Kier molecular flexibility index (Phi) is 5.42. The monoisotopic (exact) mass is 261 g/mol. The van der Waals surface area contributed by atoms with Crippen molar-refractivity contribution in [1.29, 1.82) is 0 Å². The molecular weight excluding hydrogens is 238 g/mol. The lowest BCUT2D eigenvalue weighted by atomic mass is 10.1. The molecule has 1 aromatic rings. The third-order valence-electron chi connectivity index (χ3n) is 2.86. The highest BCUT2D eigenvalue weighted by molar-refractivity contribution is 6.00. The van der Waals surface area contributed by atoms with E-state index in [1.165, 1.54) is 0 Å². The van der Waals surface area contributed by atoms with Crippen molar-refractivity contribution in [2.24, 2.45) is 0 Å². The first-order valence-corrected chi connectivity index (χ1v) is 6.48. The molecule has 19 heavy (non-hydrogen) atoms. The second-order valence-corrected chi connectivity index (χ2v) is 4.71. The normalized spacial score (nSPS) is 10.1. The fourth-order valence-electron chi connectivity index (χ4n) is 1.99. The van der Waals surface area contributed by atoms with Crippen molar-refractivity contribution in [3.05, 3.63) is 36.4 Å². The van der Waals surface area contributed by atoms with E-state index < -0.39 is 0 Å². The topological polar surface area (TPSA) is 49.6 Å². The summed E-state index contributed by atoms with van der Waals surface area (Å²) in [5, 5.41) is 0. The first-order valence-electron chi connectivity index (χ1n) is 6.48. The molecule has 1 rings (SSSR count). The molecule has 0 spiro atoms. The van der Waals surface area contributed by atoms with E-state index in [2.05, 4.69) is 13.5 Å². The molecular formula is C15H23N3O. The maximum atomic E-state index is 12.6. The number of nitrogens with two attached hydrogens (primary N) is 1. The number of hydrogen-bond acceptors (Lipinski definition) is 3. The van der Waals surface area contributed by atoms with Crippen LogP contribution in [0.25, 0.3) is 0 Å². The predicted octanol–water partition coefficient (Wildman–Crippen LogP) is 2.37. The van der Waals surface area contributed by atoms with Crippen LogP contribution in [0.5, 0.6) is 0 Å². The fourth-order valence-corrected chi connectivity index (χ4v) is 1.99. The van der Waals surface area contributed by atoms with Gasteiger partial charge in [-0.1, -0.05) is 13.0 Å². The summed E-state index contributed by atoms with van der Waals surface area (Å²) in [5.74, 6) is -0.00208. The summed E-state index contributed by atoms with van der Waals surface area (Å²) in [6.07, 6.45) is 2.66. The van der Waals surface area contributed by atoms with Crippen LogP contribution in [0.3, 0.4) is 0 Å². The maximum absolute atomic E-state index is 12.6. The van der Waals surface area contributed by atoms with Crippen LogP contribution in [0.1, 0.15) is 23.7 Å². The van der Waals surface area contributed by atoms with Crippen molar-refractivity contribution in [2.45, 2.75) is 13.3 Å². The molecule has 1 aromatic carbocycles. The van der Waals surface area contributed by atoms with Gasteiger partial charge in [0.15, 0.2) is 0 Å². The minimum Gasteiger partial charge on any atom is -0.399 e. The largest absolute Gasteiger partial charge is 0.399 e. The molecule has 0 aliphatic rings. The van der Waals surface area contributed by atoms with Crippen molar-refractivity contribution < 1.29 is 4.79 Å². The van der Waals surface area contributed by atoms with Crippen molar-refractivity contribution in [3.63, 3.8) is 0 Å². The quantitative estimate of drug-likeness (QED) is 0.632. The number of nitrogens with zero attached hydrogens (tertiary/aromatic N) is 2. The molecule has 104 valence electrons. The Bertz CT molecular complexity index is 455. The molecule has 0 saturated heterocycles. The van der Waals surface area contributed by atoms with E-state index >= 15 is 0 Å². The van der Waals surface area contributed by atoms with Gasteiger partial charge in [-0.25, -0.2) is 0 Å². The van der Waals surface area contributed by atoms with E-state index in [9.17, 15) is 4.79 Å². The molecule has 0 atom stereocenters. The van der Waals surface area contributed by atoms with Gasteiger partial charge in [-0.15, -0.1) is 6.58 Å². The molecule has 4 nitrogen and oxygen atoms in total. The average molecular weight is 261 g/mol. The zero-order valence-electron chi connectivity index (χ0n) is 12.0. The Morgan fingerprint density at radius 3 is 2.63 bits per heavy atom. The smallest absolute Gasteiger partial charge is 0.256 e. The molecule has 2 N–H and O–H groups in total. The first kappa shape index (κ1) is 15.1. The van der Waals surface area contributed by atoms with E-state index in [4.69, 9.17) is 5.73 Å². The SMILES string of the molecule is C=CCN(CCC)C(=O)c1cc(N)ccc1N(C)C. The van der Waals surface area contributed by atoms with Crippen molar-refractivity contribution in [2.75, 3.05) is 37.8 Å². The van der Waals surface area contributed by atoms with Gasteiger partial charge in [0.2, 0.25) is 0 Å². The van der Waals surface area contributed by atoms with Crippen LogP contribution in [-0.4, -0.2) is 38.0 Å². The Morgan fingerprint density at radius 2 is 2.11 bits per heavy atom. The van der Waals surface area contributed by atoms with Gasteiger partial charge in [0, 0.05) is 38.6 Å². The van der Waals surface area contributed by atoms with E-state index in [1.807, 2.05) is 31.1 Å². The molecule has 0 fully saturated rings. The van der Waals surface area contributed by atoms with Crippen LogP contribution in [0, 0.1) is 0 Å². The fraction of sp³-hybridized carbons (Fsp3) is 0.400. The van der Waals surface area contributed by atoms with Gasteiger partial charge in [-0.3, -0.25) is 4.79 Å². The third-order valence-corrected chi connectivity index (χ3v) is 2.86. The highest BCUT2D eigenvalue weighted by atomic mass is 16.2. The predicted molar refractivity (Wildman–Crippen MR) is 81.6 cm³/mol. The number of benzene rings is 1. The highest BCUT2D eigenvalue weighted by Crippen LogP contribution is 2.23. The summed E-state index contributed by atoms with van der Waals surface area (Å²) >= 11 is 0. The minimum atomic E-state index is -0.00208. The van der Waals surface area contributed by atoms with Crippen molar-refractivity contribution in [3.8, 4) is 0 Å². The zero-order chi connectivity index (χ0) is 14.4. The number of hydrogen-bond donors (Lipinski definition) is 1. The van der Waals surface area contributed by atoms with Gasteiger partial charge in [0.1, 0.15) is 0 Å². The summed E-state index contributed by atoms with van der Waals surface area (Å²) in [5.41, 5.74) is 7.92. The molecule has 0 aliphatic carbocycles. The summed E-state index contributed by atoms with van der Waals surface area (Å²) < 4.78 is 0. The van der Waals surface area contributed by atoms with Crippen LogP contribution < -0.4 is 10.6 Å². The van der Waals surface area contributed by atoms with Crippen LogP contribution in [0.4, 0.5) is 11.4 Å². The molecule has 0 aromatic heterocycles. The lowest BCUT2D eigenvalue weighted by molar-refractivity contribution is 0.0774. The van der Waals surface area contributed by atoms with Gasteiger partial charge >= 0.3 is 0 Å². The Morgan fingerprint density at radius 1 is 1.42 bits per heavy atom. The summed E-state index contributed by atoms with van der Waals surface area (Å²) in [6.45, 7) is 7.02. The van der Waals surface area contributed by atoms with Crippen LogP contribution in [0.15, 0.2) is 30.9 Å². The molecule has 0 saturated carbocycles. The average Bonchev–Trinajstić information content (AvgIpc) is 2.37. The molecule has 1 amide bonds. The molecule has 4 heteroatoms. The maximum Gasteiger partial charge on any atom is 0.256 e. The summed E-state index contributed by atoms with van der Waals surface area (Å²) in [6, 6.07) is 5.42. The summed E-state index contributed by atoms with van der Waals surface area (Å²) in [4.78, 5) is 16.3. The number of nitrogen functional groups attached to an aromatic ring is 1. The van der Waals surface area contributed by atoms with Crippen LogP contribution >= 0.6 is 0 Å². The number of anilines is 2. The zero-order valence-corrected chi connectivity index (χ0v) is 12.0. The number of carbonyl (C=O) groups is 1. The van der Waals surface area contributed by atoms with Gasteiger partial charge in [0.05, 0.1) is 5.56 Å². The lowest BCUT2D eigenvalue weighted by Gasteiger charge is -2.24. The Labute approximate surface area is 115 Å². The van der Waals surface area contributed by atoms with Gasteiger partial charge < -0.3 is 15.5 Å². The second-order valence-electron chi connectivity index (χ2n) is 4.71. The number of amides is 1. The lowest BCUT2D eigenvalue weighted by Crippen LogP contribution is -2.33. The molecule has 0 bridgehead atoms. The summed E-state index contributed by atoms with van der Waals surface area (Å²) in [7, 11) is 3.83. The molecule has 0 unspecified atom stereocenters. The minimum absolute atomic E-state index is 0.00208. The van der Waals surface area contributed by atoms with Crippen LogP contribution in [0.2, 0.25) is 0 Å². The third kappa shape index (κ3) is 3.74. The first-order chi connectivity index (χ1) is 9.01. The molecule has 0 radical (unpaired) electrons. The van der Waals surface area contributed by atoms with Crippen molar-refractivity contribution in [1.82, 2.24) is 4.90 Å². The number of carbonyl (C=O) groups excluding carboxylic acids is 1. The Hall–Kier alpha value is -1.97. The van der Waals surface area contributed by atoms with Gasteiger partial charge in [-0.2, -0.15) is 0 Å². The second kappa shape index (κ2) is 6.83. The van der Waals surface area contributed by atoms with E-state index in [1.54, 1.807) is 17.0 Å². The van der Waals surface area contributed by atoms with E-state index in [0.717, 1.165) is 12.1 Å².